The molecule has 0 aliphatic rings. The summed E-state index contributed by atoms with van der Waals surface area (Å²) >= 11 is 5.85. The number of hydrogen-bond acceptors (Lipinski definition) is 2. The molecule has 3 aromatic rings. The molecule has 3 rings (SSSR count). The van der Waals surface area contributed by atoms with E-state index in [4.69, 9.17) is 16.0 Å². The van der Waals surface area contributed by atoms with E-state index in [0.717, 1.165) is 28.0 Å². The van der Waals surface area contributed by atoms with Crippen LogP contribution in [0.4, 0.5) is 0 Å². The van der Waals surface area contributed by atoms with Gasteiger partial charge in [0.2, 0.25) is 0 Å². The summed E-state index contributed by atoms with van der Waals surface area (Å²) in [5.41, 5.74) is 4.39. The van der Waals surface area contributed by atoms with Crippen molar-refractivity contribution in [3.63, 3.8) is 0 Å². The Labute approximate surface area is 128 Å². The largest absolute Gasteiger partial charge is 0.444 e. The van der Waals surface area contributed by atoms with E-state index in [1.165, 1.54) is 6.39 Å². The number of benzene rings is 2. The third kappa shape index (κ3) is 3.41. The maximum Gasteiger partial charge on any atom is 0.181 e. The van der Waals surface area contributed by atoms with Crippen molar-refractivity contribution in [2.24, 2.45) is 0 Å². The third-order valence-corrected chi connectivity index (χ3v) is 3.49. The smallest absolute Gasteiger partial charge is 0.181 e. The molecule has 21 heavy (non-hydrogen) atoms. The third-order valence-electron chi connectivity index (χ3n) is 3.18. The molecule has 0 unspecified atom stereocenters. The standard InChI is InChI=1S/C18H14ClNO/c19-11-16-5-1-3-14(9-16)7-8-15-4-2-6-17(10-15)18-12-20-13-21-18/h1-10,12-13H,11H2/b8-7+. The second kappa shape index (κ2) is 6.42. The summed E-state index contributed by atoms with van der Waals surface area (Å²) in [6.45, 7) is 0. The molecule has 0 aliphatic heterocycles. The van der Waals surface area contributed by atoms with Gasteiger partial charge < -0.3 is 4.42 Å². The zero-order chi connectivity index (χ0) is 14.5. The number of rotatable bonds is 4. The van der Waals surface area contributed by atoms with Crippen molar-refractivity contribution < 1.29 is 4.42 Å². The molecule has 0 saturated heterocycles. The van der Waals surface area contributed by atoms with Gasteiger partial charge in [-0.1, -0.05) is 54.6 Å². The number of aromatic nitrogens is 1. The van der Waals surface area contributed by atoms with E-state index in [0.29, 0.717) is 5.88 Å². The first-order valence-corrected chi connectivity index (χ1v) is 7.20. The van der Waals surface area contributed by atoms with Gasteiger partial charge in [0.05, 0.1) is 6.20 Å². The summed E-state index contributed by atoms with van der Waals surface area (Å²) in [6, 6.07) is 16.3. The first kappa shape index (κ1) is 13.7. The minimum absolute atomic E-state index is 0.530. The number of nitrogens with zero attached hydrogens (tertiary/aromatic N) is 1. The molecule has 0 N–H and O–H groups in total. The zero-order valence-corrected chi connectivity index (χ0v) is 12.1. The molecule has 0 atom stereocenters. The van der Waals surface area contributed by atoms with Crippen LogP contribution in [0.3, 0.4) is 0 Å². The lowest BCUT2D eigenvalue weighted by Gasteiger charge is -2.00. The topological polar surface area (TPSA) is 26.0 Å². The number of oxazole rings is 1. The van der Waals surface area contributed by atoms with Gasteiger partial charge >= 0.3 is 0 Å². The molecule has 0 spiro atoms. The lowest BCUT2D eigenvalue weighted by Crippen LogP contribution is -1.79. The molecular formula is C18H14ClNO. The van der Waals surface area contributed by atoms with E-state index in [1.807, 2.05) is 24.3 Å². The minimum Gasteiger partial charge on any atom is -0.444 e. The predicted octanol–water partition coefficient (Wildman–Crippen LogP) is 5.25. The second-order valence-electron chi connectivity index (χ2n) is 4.70. The Hall–Kier alpha value is -2.32. The van der Waals surface area contributed by atoms with Gasteiger partial charge in [-0.2, -0.15) is 0 Å². The Morgan fingerprint density at radius 1 is 1.00 bits per heavy atom. The fourth-order valence-corrected chi connectivity index (χ4v) is 2.29. The fraction of sp³-hybridized carbons (Fsp3) is 0.0556. The lowest BCUT2D eigenvalue weighted by molar-refractivity contribution is 0.572. The molecule has 3 heteroatoms. The van der Waals surface area contributed by atoms with Gasteiger partial charge in [0.15, 0.2) is 12.2 Å². The van der Waals surface area contributed by atoms with Crippen molar-refractivity contribution >= 4 is 23.8 Å². The summed E-state index contributed by atoms with van der Waals surface area (Å²) in [7, 11) is 0. The highest BCUT2D eigenvalue weighted by Crippen LogP contribution is 2.21. The Balaban J connectivity index is 1.84. The SMILES string of the molecule is ClCc1cccc(/C=C/c2cccc(-c3cnco3)c2)c1. The molecule has 0 bridgehead atoms. The van der Waals surface area contributed by atoms with E-state index in [9.17, 15) is 0 Å². The average molecular weight is 296 g/mol. The molecule has 2 aromatic carbocycles. The van der Waals surface area contributed by atoms with E-state index in [-0.39, 0.29) is 0 Å². The molecule has 0 amide bonds. The lowest BCUT2D eigenvalue weighted by atomic mass is 10.1. The molecule has 0 fully saturated rings. The molecule has 0 radical (unpaired) electrons. The molecule has 2 nitrogen and oxygen atoms in total. The van der Waals surface area contributed by atoms with Crippen molar-refractivity contribution in [1.29, 1.82) is 0 Å². The highest BCUT2D eigenvalue weighted by Gasteiger charge is 2.00. The quantitative estimate of drug-likeness (QED) is 0.485. The Bertz CT molecular complexity index is 747. The van der Waals surface area contributed by atoms with Crippen LogP contribution in [0.1, 0.15) is 16.7 Å². The van der Waals surface area contributed by atoms with Crippen LogP contribution in [0.5, 0.6) is 0 Å². The number of halogens is 1. The Kier molecular flexibility index (Phi) is 4.17. The fourth-order valence-electron chi connectivity index (χ4n) is 2.13. The van der Waals surface area contributed by atoms with Crippen LogP contribution in [0.15, 0.2) is 65.5 Å². The maximum absolute atomic E-state index is 5.85. The molecule has 104 valence electrons. The van der Waals surface area contributed by atoms with Crippen molar-refractivity contribution in [3.05, 3.63) is 77.8 Å². The van der Waals surface area contributed by atoms with Gasteiger partial charge in [0.25, 0.3) is 0 Å². The van der Waals surface area contributed by atoms with Crippen LogP contribution in [-0.2, 0) is 5.88 Å². The molecule has 0 saturated carbocycles. The van der Waals surface area contributed by atoms with Crippen LogP contribution in [0.25, 0.3) is 23.5 Å². The van der Waals surface area contributed by atoms with Gasteiger partial charge in [0, 0.05) is 11.4 Å². The van der Waals surface area contributed by atoms with Crippen LogP contribution < -0.4 is 0 Å². The van der Waals surface area contributed by atoms with Crippen LogP contribution in [0, 0.1) is 0 Å². The summed E-state index contributed by atoms with van der Waals surface area (Å²) in [5.74, 6) is 1.30. The number of hydrogen-bond donors (Lipinski definition) is 0. The molecule has 0 aliphatic carbocycles. The Morgan fingerprint density at radius 2 is 1.76 bits per heavy atom. The number of alkyl halides is 1. The Morgan fingerprint density at radius 3 is 2.48 bits per heavy atom. The van der Waals surface area contributed by atoms with E-state index >= 15 is 0 Å². The van der Waals surface area contributed by atoms with Crippen molar-refractivity contribution in [3.8, 4) is 11.3 Å². The van der Waals surface area contributed by atoms with Crippen molar-refractivity contribution in [2.45, 2.75) is 5.88 Å². The maximum atomic E-state index is 5.85. The molecule has 1 heterocycles. The predicted molar refractivity (Wildman–Crippen MR) is 86.9 cm³/mol. The van der Waals surface area contributed by atoms with Gasteiger partial charge in [-0.15, -0.1) is 11.6 Å². The normalized spacial score (nSPS) is 11.1. The molecule has 1 aromatic heterocycles. The van der Waals surface area contributed by atoms with Gasteiger partial charge in [-0.25, -0.2) is 4.98 Å². The summed E-state index contributed by atoms with van der Waals surface area (Å²) < 4.78 is 5.32. The zero-order valence-electron chi connectivity index (χ0n) is 11.4. The highest BCUT2D eigenvalue weighted by atomic mass is 35.5. The van der Waals surface area contributed by atoms with Crippen LogP contribution >= 0.6 is 11.6 Å². The first-order valence-electron chi connectivity index (χ1n) is 6.67. The monoisotopic (exact) mass is 295 g/mol. The highest BCUT2D eigenvalue weighted by molar-refractivity contribution is 6.17. The van der Waals surface area contributed by atoms with Gasteiger partial charge in [-0.3, -0.25) is 0 Å². The summed E-state index contributed by atoms with van der Waals surface area (Å²) in [4.78, 5) is 3.94. The summed E-state index contributed by atoms with van der Waals surface area (Å²) in [6.07, 6.45) is 7.31. The molecular weight excluding hydrogens is 282 g/mol. The van der Waals surface area contributed by atoms with E-state index in [1.54, 1.807) is 6.20 Å². The van der Waals surface area contributed by atoms with Gasteiger partial charge in [-0.05, 0) is 22.8 Å². The van der Waals surface area contributed by atoms with Crippen molar-refractivity contribution in [1.82, 2.24) is 4.98 Å². The van der Waals surface area contributed by atoms with E-state index < -0.39 is 0 Å². The summed E-state index contributed by atoms with van der Waals surface area (Å²) in [5, 5.41) is 0. The van der Waals surface area contributed by atoms with Crippen molar-refractivity contribution in [2.75, 3.05) is 0 Å². The minimum atomic E-state index is 0.530. The van der Waals surface area contributed by atoms with Gasteiger partial charge in [0.1, 0.15) is 0 Å². The van der Waals surface area contributed by atoms with Crippen LogP contribution in [0.2, 0.25) is 0 Å². The second-order valence-corrected chi connectivity index (χ2v) is 4.97. The van der Waals surface area contributed by atoms with E-state index in [2.05, 4.69) is 41.4 Å². The average Bonchev–Trinajstić information content (AvgIpc) is 3.08. The first-order chi connectivity index (χ1) is 10.3. The van der Waals surface area contributed by atoms with Crippen LogP contribution in [-0.4, -0.2) is 4.98 Å².